The summed E-state index contributed by atoms with van der Waals surface area (Å²) in [7, 11) is 0. The molecule has 1 aromatic rings. The summed E-state index contributed by atoms with van der Waals surface area (Å²) >= 11 is 0. The van der Waals surface area contributed by atoms with Crippen molar-refractivity contribution in [3.8, 4) is 0 Å². The van der Waals surface area contributed by atoms with Crippen LogP contribution in [0.4, 0.5) is 10.5 Å². The Kier molecular flexibility index (Phi) is 4.51. The number of benzene rings is 1. The van der Waals surface area contributed by atoms with Gasteiger partial charge in [-0.05, 0) is 57.6 Å². The summed E-state index contributed by atoms with van der Waals surface area (Å²) in [5.41, 5.74) is 2.43. The van der Waals surface area contributed by atoms with Gasteiger partial charge in [0.05, 0.1) is 0 Å². The van der Waals surface area contributed by atoms with Crippen LogP contribution in [-0.2, 0) is 4.74 Å². The number of carbonyl (C=O) groups is 1. The molecule has 126 valence electrons. The third-order valence-electron chi connectivity index (χ3n) is 4.72. The van der Waals surface area contributed by atoms with E-state index in [4.69, 9.17) is 4.74 Å². The summed E-state index contributed by atoms with van der Waals surface area (Å²) < 4.78 is 5.49. The zero-order valence-electron chi connectivity index (χ0n) is 14.5. The molecular weight excluding hydrogens is 288 g/mol. The van der Waals surface area contributed by atoms with Gasteiger partial charge < -0.3 is 14.5 Å². The molecule has 0 N–H and O–H groups in total. The standard InChI is InChI=1S/C19H28N2O2/c1-19(2,3)23-18(22)21-13-9-15(10-14-21)16-7-4-5-8-17(16)20-11-6-12-20/h4-5,7-8,15H,6,9-14H2,1-3H3. The summed E-state index contributed by atoms with van der Waals surface area (Å²) in [6, 6.07) is 8.78. The normalized spacial score (nSPS) is 19.4. The number of likely N-dealkylation sites (tertiary alicyclic amines) is 1. The number of para-hydroxylation sites is 1. The highest BCUT2D eigenvalue weighted by atomic mass is 16.6. The Labute approximate surface area is 139 Å². The van der Waals surface area contributed by atoms with E-state index in [-0.39, 0.29) is 6.09 Å². The Morgan fingerprint density at radius 2 is 1.74 bits per heavy atom. The van der Waals surface area contributed by atoms with Gasteiger partial charge in [-0.3, -0.25) is 0 Å². The minimum absolute atomic E-state index is 0.174. The van der Waals surface area contributed by atoms with E-state index >= 15 is 0 Å². The highest BCUT2D eigenvalue weighted by Crippen LogP contribution is 2.36. The first-order chi connectivity index (χ1) is 10.9. The quantitative estimate of drug-likeness (QED) is 0.826. The monoisotopic (exact) mass is 316 g/mol. The van der Waals surface area contributed by atoms with Crippen LogP contribution in [0.3, 0.4) is 0 Å². The van der Waals surface area contributed by atoms with Crippen LogP contribution in [0.25, 0.3) is 0 Å². The van der Waals surface area contributed by atoms with Gasteiger partial charge in [0.25, 0.3) is 0 Å². The third kappa shape index (κ3) is 3.80. The van der Waals surface area contributed by atoms with Crippen molar-refractivity contribution in [1.29, 1.82) is 0 Å². The van der Waals surface area contributed by atoms with Crippen LogP contribution >= 0.6 is 0 Å². The predicted molar refractivity (Wildman–Crippen MR) is 93.1 cm³/mol. The van der Waals surface area contributed by atoms with Gasteiger partial charge in [0, 0.05) is 31.9 Å². The molecule has 2 saturated heterocycles. The van der Waals surface area contributed by atoms with Crippen molar-refractivity contribution in [3.05, 3.63) is 29.8 Å². The molecule has 3 rings (SSSR count). The Balaban J connectivity index is 1.62. The maximum absolute atomic E-state index is 12.2. The Morgan fingerprint density at radius 3 is 2.30 bits per heavy atom. The smallest absolute Gasteiger partial charge is 0.410 e. The predicted octanol–water partition coefficient (Wildman–Crippen LogP) is 4.01. The number of amides is 1. The molecule has 2 aliphatic rings. The van der Waals surface area contributed by atoms with Crippen LogP contribution in [-0.4, -0.2) is 42.8 Å². The Bertz CT molecular complexity index is 553. The van der Waals surface area contributed by atoms with E-state index in [2.05, 4.69) is 29.2 Å². The fourth-order valence-corrected chi connectivity index (χ4v) is 3.38. The summed E-state index contributed by atoms with van der Waals surface area (Å²) in [6.45, 7) is 9.67. The average Bonchev–Trinajstić information content (AvgIpc) is 2.44. The van der Waals surface area contributed by atoms with Gasteiger partial charge in [0.2, 0.25) is 0 Å². The highest BCUT2D eigenvalue weighted by Gasteiger charge is 2.29. The first kappa shape index (κ1) is 16.2. The second-order valence-electron chi connectivity index (χ2n) is 7.64. The minimum atomic E-state index is -0.419. The number of hydrogen-bond acceptors (Lipinski definition) is 3. The van der Waals surface area contributed by atoms with Crippen molar-refractivity contribution in [2.45, 2.75) is 51.6 Å². The van der Waals surface area contributed by atoms with Crippen molar-refractivity contribution < 1.29 is 9.53 Å². The lowest BCUT2D eigenvalue weighted by molar-refractivity contribution is 0.0205. The third-order valence-corrected chi connectivity index (χ3v) is 4.72. The van der Waals surface area contributed by atoms with E-state index in [0.717, 1.165) is 25.9 Å². The van der Waals surface area contributed by atoms with Crippen LogP contribution in [0.2, 0.25) is 0 Å². The SMILES string of the molecule is CC(C)(C)OC(=O)N1CCC(c2ccccc2N2CCC2)CC1. The molecule has 2 heterocycles. The van der Waals surface area contributed by atoms with Crippen molar-refractivity contribution in [3.63, 3.8) is 0 Å². The molecular formula is C19H28N2O2. The molecule has 0 atom stereocenters. The van der Waals surface area contributed by atoms with Crippen molar-refractivity contribution in [2.24, 2.45) is 0 Å². The number of piperidine rings is 1. The van der Waals surface area contributed by atoms with Crippen LogP contribution in [0.1, 0.15) is 51.5 Å². The Hall–Kier alpha value is -1.71. The van der Waals surface area contributed by atoms with Gasteiger partial charge in [-0.1, -0.05) is 18.2 Å². The number of anilines is 1. The second-order valence-corrected chi connectivity index (χ2v) is 7.64. The molecule has 0 saturated carbocycles. The van der Waals surface area contributed by atoms with E-state index in [0.29, 0.717) is 5.92 Å². The molecule has 2 fully saturated rings. The molecule has 4 heteroatoms. The lowest BCUT2D eigenvalue weighted by atomic mass is 9.87. The number of nitrogens with zero attached hydrogens (tertiary/aromatic N) is 2. The molecule has 0 unspecified atom stereocenters. The first-order valence-corrected chi connectivity index (χ1v) is 8.76. The summed E-state index contributed by atoms with van der Waals surface area (Å²) in [4.78, 5) is 16.5. The van der Waals surface area contributed by atoms with Crippen molar-refractivity contribution in [2.75, 3.05) is 31.1 Å². The molecule has 0 aliphatic carbocycles. The lowest BCUT2D eigenvalue weighted by Crippen LogP contribution is -2.42. The fourth-order valence-electron chi connectivity index (χ4n) is 3.38. The van der Waals surface area contributed by atoms with E-state index in [1.54, 1.807) is 0 Å². The molecule has 1 amide bonds. The Morgan fingerprint density at radius 1 is 1.09 bits per heavy atom. The zero-order chi connectivity index (χ0) is 16.4. The maximum atomic E-state index is 12.2. The minimum Gasteiger partial charge on any atom is -0.444 e. The van der Waals surface area contributed by atoms with Gasteiger partial charge in [0.15, 0.2) is 0 Å². The van der Waals surface area contributed by atoms with Gasteiger partial charge in [-0.2, -0.15) is 0 Å². The molecule has 0 aromatic heterocycles. The topological polar surface area (TPSA) is 32.8 Å². The average molecular weight is 316 g/mol. The molecule has 0 bridgehead atoms. The van der Waals surface area contributed by atoms with E-state index < -0.39 is 5.60 Å². The van der Waals surface area contributed by atoms with Crippen LogP contribution in [0, 0.1) is 0 Å². The zero-order valence-corrected chi connectivity index (χ0v) is 14.5. The molecule has 0 spiro atoms. The van der Waals surface area contributed by atoms with E-state index in [9.17, 15) is 4.79 Å². The van der Waals surface area contributed by atoms with E-state index in [1.165, 1.54) is 30.8 Å². The van der Waals surface area contributed by atoms with Crippen LogP contribution in [0.5, 0.6) is 0 Å². The fraction of sp³-hybridized carbons (Fsp3) is 0.632. The molecule has 1 aromatic carbocycles. The largest absolute Gasteiger partial charge is 0.444 e. The van der Waals surface area contributed by atoms with Crippen molar-refractivity contribution >= 4 is 11.8 Å². The second kappa shape index (κ2) is 6.42. The van der Waals surface area contributed by atoms with Gasteiger partial charge in [0.1, 0.15) is 5.60 Å². The van der Waals surface area contributed by atoms with Gasteiger partial charge in [-0.15, -0.1) is 0 Å². The number of rotatable bonds is 2. The first-order valence-electron chi connectivity index (χ1n) is 8.76. The number of ether oxygens (including phenoxy) is 1. The van der Waals surface area contributed by atoms with Crippen LogP contribution in [0.15, 0.2) is 24.3 Å². The van der Waals surface area contributed by atoms with E-state index in [1.807, 2.05) is 25.7 Å². The summed E-state index contributed by atoms with van der Waals surface area (Å²) in [6.07, 6.45) is 3.16. The van der Waals surface area contributed by atoms with Gasteiger partial charge >= 0.3 is 6.09 Å². The molecule has 23 heavy (non-hydrogen) atoms. The summed E-state index contributed by atoms with van der Waals surface area (Å²) in [5, 5.41) is 0. The molecule has 4 nitrogen and oxygen atoms in total. The molecule has 2 aliphatic heterocycles. The number of hydrogen-bond donors (Lipinski definition) is 0. The van der Waals surface area contributed by atoms with Crippen LogP contribution < -0.4 is 4.90 Å². The molecule has 0 radical (unpaired) electrons. The highest BCUT2D eigenvalue weighted by molar-refractivity contribution is 5.68. The summed E-state index contributed by atoms with van der Waals surface area (Å²) in [5.74, 6) is 0.547. The number of carbonyl (C=O) groups excluding carboxylic acids is 1. The lowest BCUT2D eigenvalue weighted by Gasteiger charge is -2.38. The van der Waals surface area contributed by atoms with Gasteiger partial charge in [-0.25, -0.2) is 4.79 Å². The van der Waals surface area contributed by atoms with Crippen molar-refractivity contribution in [1.82, 2.24) is 4.90 Å². The maximum Gasteiger partial charge on any atom is 0.410 e.